The van der Waals surface area contributed by atoms with Crippen LogP contribution in [0.5, 0.6) is 0 Å². The molecule has 1 fully saturated rings. The van der Waals surface area contributed by atoms with Crippen LogP contribution >= 0.6 is 0 Å². The van der Waals surface area contributed by atoms with E-state index in [4.69, 9.17) is 5.11 Å². The largest absolute Gasteiger partial charge is 0.481 e. The summed E-state index contributed by atoms with van der Waals surface area (Å²) >= 11 is 0. The van der Waals surface area contributed by atoms with Crippen molar-refractivity contribution in [3.63, 3.8) is 0 Å². The number of H-pyrrole nitrogens is 1. The number of nitrogens with zero attached hydrogens (tertiary/aromatic N) is 1. The maximum atomic E-state index is 10.9. The van der Waals surface area contributed by atoms with Crippen LogP contribution in [0.4, 0.5) is 0 Å². The molecule has 70 valence electrons. The molecule has 1 aromatic rings. The Kier molecular flexibility index (Phi) is 1.49. The molecular weight excluding hydrogens is 168 g/mol. The van der Waals surface area contributed by atoms with E-state index in [9.17, 15) is 4.79 Å². The molecule has 4 heteroatoms. The van der Waals surface area contributed by atoms with Crippen LogP contribution in [0.15, 0.2) is 12.4 Å². The summed E-state index contributed by atoms with van der Waals surface area (Å²) in [6.07, 6.45) is 3.48. The molecule has 2 unspecified atom stereocenters. The number of hydrogen-bond donors (Lipinski definition) is 2. The molecule has 0 bridgehead atoms. The highest BCUT2D eigenvalue weighted by Gasteiger charge is 2.62. The first-order chi connectivity index (χ1) is 6.05. The van der Waals surface area contributed by atoms with Gasteiger partial charge in [-0.2, -0.15) is 5.10 Å². The fourth-order valence-electron chi connectivity index (χ4n) is 2.15. The fraction of sp³-hybridized carbons (Fsp3) is 0.556. The first-order valence-electron chi connectivity index (χ1n) is 4.26. The lowest BCUT2D eigenvalue weighted by Crippen LogP contribution is -2.02. The second-order valence-electron chi connectivity index (χ2n) is 4.15. The van der Waals surface area contributed by atoms with Crippen LogP contribution in [-0.2, 0) is 4.79 Å². The van der Waals surface area contributed by atoms with Crippen LogP contribution in [0.3, 0.4) is 0 Å². The maximum Gasteiger partial charge on any atom is 0.307 e. The van der Waals surface area contributed by atoms with E-state index < -0.39 is 5.97 Å². The highest BCUT2D eigenvalue weighted by atomic mass is 16.4. The van der Waals surface area contributed by atoms with Gasteiger partial charge in [-0.3, -0.25) is 9.89 Å². The van der Waals surface area contributed by atoms with E-state index in [1.54, 1.807) is 12.4 Å². The van der Waals surface area contributed by atoms with Gasteiger partial charge in [-0.25, -0.2) is 0 Å². The second-order valence-corrected chi connectivity index (χ2v) is 4.15. The quantitative estimate of drug-likeness (QED) is 0.719. The van der Waals surface area contributed by atoms with Gasteiger partial charge in [0, 0.05) is 12.1 Å². The third kappa shape index (κ3) is 1.05. The summed E-state index contributed by atoms with van der Waals surface area (Å²) in [5, 5.41) is 15.5. The van der Waals surface area contributed by atoms with Crippen molar-refractivity contribution < 1.29 is 9.90 Å². The number of carbonyl (C=O) groups is 1. The Bertz CT molecular complexity index is 329. The molecule has 1 heterocycles. The summed E-state index contributed by atoms with van der Waals surface area (Å²) in [5.41, 5.74) is 0.868. The van der Waals surface area contributed by atoms with Gasteiger partial charge in [0.1, 0.15) is 0 Å². The van der Waals surface area contributed by atoms with Crippen molar-refractivity contribution in [1.82, 2.24) is 10.2 Å². The van der Waals surface area contributed by atoms with Crippen molar-refractivity contribution in [2.24, 2.45) is 11.3 Å². The lowest BCUT2D eigenvalue weighted by molar-refractivity contribution is -0.139. The van der Waals surface area contributed by atoms with E-state index >= 15 is 0 Å². The van der Waals surface area contributed by atoms with Gasteiger partial charge in [-0.1, -0.05) is 13.8 Å². The summed E-state index contributed by atoms with van der Waals surface area (Å²) in [6.45, 7) is 3.95. The zero-order chi connectivity index (χ0) is 9.64. The Morgan fingerprint density at radius 2 is 2.38 bits per heavy atom. The summed E-state index contributed by atoms with van der Waals surface area (Å²) in [4.78, 5) is 10.9. The van der Waals surface area contributed by atoms with E-state index in [2.05, 4.69) is 10.2 Å². The standard InChI is InChI=1S/C9H12N2O2/c1-9(2)6(7(9)8(12)13)5-3-10-11-4-5/h3-4,6-7H,1-2H3,(H,10,11)(H,12,13). The normalized spacial score (nSPS) is 30.0. The number of aromatic nitrogens is 2. The molecular formula is C9H12N2O2. The Morgan fingerprint density at radius 1 is 1.69 bits per heavy atom. The molecule has 2 N–H and O–H groups in total. The van der Waals surface area contributed by atoms with E-state index in [0.717, 1.165) is 5.56 Å². The van der Waals surface area contributed by atoms with Crippen LogP contribution in [-0.4, -0.2) is 21.3 Å². The average molecular weight is 180 g/mol. The predicted molar refractivity (Wildman–Crippen MR) is 46.2 cm³/mol. The highest BCUT2D eigenvalue weighted by Crippen LogP contribution is 2.64. The Balaban J connectivity index is 2.25. The van der Waals surface area contributed by atoms with E-state index in [-0.39, 0.29) is 17.3 Å². The number of aliphatic carboxylic acids is 1. The average Bonchev–Trinajstić information content (AvgIpc) is 2.50. The third-order valence-electron chi connectivity index (χ3n) is 2.97. The molecule has 0 spiro atoms. The van der Waals surface area contributed by atoms with Crippen molar-refractivity contribution in [3.8, 4) is 0 Å². The Hall–Kier alpha value is -1.32. The summed E-state index contributed by atoms with van der Waals surface area (Å²) in [7, 11) is 0. The Labute approximate surface area is 76.0 Å². The molecule has 2 atom stereocenters. The topological polar surface area (TPSA) is 66.0 Å². The van der Waals surface area contributed by atoms with Crippen LogP contribution in [0.2, 0.25) is 0 Å². The SMILES string of the molecule is CC1(C)C(C(=O)O)C1c1cn[nH]c1. The molecule has 2 rings (SSSR count). The van der Waals surface area contributed by atoms with Gasteiger partial charge >= 0.3 is 5.97 Å². The lowest BCUT2D eigenvalue weighted by Gasteiger charge is -1.97. The number of rotatable bonds is 2. The Morgan fingerprint density at radius 3 is 2.77 bits per heavy atom. The molecule has 0 aromatic carbocycles. The molecule has 1 aliphatic carbocycles. The molecule has 0 amide bonds. The number of carboxylic acids is 1. The molecule has 1 aromatic heterocycles. The second kappa shape index (κ2) is 2.34. The molecule has 0 radical (unpaired) electrons. The van der Waals surface area contributed by atoms with Crippen molar-refractivity contribution >= 4 is 5.97 Å². The number of nitrogens with one attached hydrogen (secondary N) is 1. The monoisotopic (exact) mass is 180 g/mol. The van der Waals surface area contributed by atoms with E-state index in [1.165, 1.54) is 0 Å². The minimum atomic E-state index is -0.712. The first kappa shape index (κ1) is 8.29. The minimum absolute atomic E-state index is 0.115. The molecule has 1 aliphatic rings. The summed E-state index contributed by atoms with van der Waals surface area (Å²) < 4.78 is 0. The smallest absolute Gasteiger partial charge is 0.307 e. The van der Waals surface area contributed by atoms with Crippen molar-refractivity contribution in [1.29, 1.82) is 0 Å². The van der Waals surface area contributed by atoms with Gasteiger partial charge in [-0.15, -0.1) is 0 Å². The van der Waals surface area contributed by atoms with E-state index in [1.807, 2.05) is 13.8 Å². The zero-order valence-corrected chi connectivity index (χ0v) is 7.61. The number of aromatic amines is 1. The van der Waals surface area contributed by atoms with Gasteiger partial charge < -0.3 is 5.11 Å². The van der Waals surface area contributed by atoms with Crippen LogP contribution in [0.1, 0.15) is 25.3 Å². The first-order valence-corrected chi connectivity index (χ1v) is 4.26. The molecule has 4 nitrogen and oxygen atoms in total. The van der Waals surface area contributed by atoms with Gasteiger partial charge in [0.25, 0.3) is 0 Å². The molecule has 13 heavy (non-hydrogen) atoms. The fourth-order valence-corrected chi connectivity index (χ4v) is 2.15. The minimum Gasteiger partial charge on any atom is -0.481 e. The third-order valence-corrected chi connectivity index (χ3v) is 2.97. The van der Waals surface area contributed by atoms with Gasteiger partial charge in [-0.05, 0) is 11.0 Å². The van der Waals surface area contributed by atoms with Crippen LogP contribution < -0.4 is 0 Å². The molecule has 0 aliphatic heterocycles. The number of hydrogen-bond acceptors (Lipinski definition) is 2. The lowest BCUT2D eigenvalue weighted by atomic mass is 10.1. The van der Waals surface area contributed by atoms with Crippen LogP contribution in [0.25, 0.3) is 0 Å². The van der Waals surface area contributed by atoms with Crippen molar-refractivity contribution in [2.75, 3.05) is 0 Å². The zero-order valence-electron chi connectivity index (χ0n) is 7.61. The van der Waals surface area contributed by atoms with Crippen LogP contribution in [0, 0.1) is 11.3 Å². The predicted octanol–water partition coefficient (Wildman–Crippen LogP) is 1.23. The van der Waals surface area contributed by atoms with E-state index in [0.29, 0.717) is 0 Å². The number of carboxylic acid groups (broad SMARTS) is 1. The van der Waals surface area contributed by atoms with Gasteiger partial charge in [0.15, 0.2) is 0 Å². The van der Waals surface area contributed by atoms with Crippen molar-refractivity contribution in [2.45, 2.75) is 19.8 Å². The van der Waals surface area contributed by atoms with Gasteiger partial charge in [0.2, 0.25) is 0 Å². The maximum absolute atomic E-state index is 10.9. The summed E-state index contributed by atoms with van der Waals surface area (Å²) in [5.74, 6) is -0.856. The molecule has 1 saturated carbocycles. The molecule has 0 saturated heterocycles. The van der Waals surface area contributed by atoms with Gasteiger partial charge in [0.05, 0.1) is 12.1 Å². The summed E-state index contributed by atoms with van der Waals surface area (Å²) in [6, 6.07) is 0. The highest BCUT2D eigenvalue weighted by molar-refractivity contribution is 5.77. The van der Waals surface area contributed by atoms with Crippen molar-refractivity contribution in [3.05, 3.63) is 18.0 Å².